The molecule has 0 rings (SSSR count). The lowest BCUT2D eigenvalue weighted by Crippen LogP contribution is -2.30. The highest BCUT2D eigenvalue weighted by Gasteiger charge is 2.11. The summed E-state index contributed by atoms with van der Waals surface area (Å²) in [6, 6.07) is -0.838. The van der Waals surface area contributed by atoms with Crippen molar-refractivity contribution in [3.63, 3.8) is 0 Å². The Bertz CT molecular complexity index is 140. The second-order valence-electron chi connectivity index (χ2n) is 1.85. The molecular formula is C6H11NO2. The molecule has 0 heterocycles. The molecule has 3 N–H and O–H groups in total. The molecule has 0 aromatic carbocycles. The Morgan fingerprint density at radius 3 is 2.33 bits per heavy atom. The van der Waals surface area contributed by atoms with E-state index in [1.54, 1.807) is 19.9 Å². The van der Waals surface area contributed by atoms with Gasteiger partial charge in [-0.05, 0) is 19.4 Å². The van der Waals surface area contributed by atoms with Gasteiger partial charge in [0, 0.05) is 0 Å². The Labute approximate surface area is 54.2 Å². The van der Waals surface area contributed by atoms with Crippen molar-refractivity contribution < 1.29 is 9.90 Å². The zero-order valence-corrected chi connectivity index (χ0v) is 5.59. The number of rotatable bonds is 2. The standard InChI is InChI=1S/C6H11NO2/c1-3-4(2)5(7)6(8)9/h3,5H,7H2,1-2H3,(H,8,9). The van der Waals surface area contributed by atoms with Crippen molar-refractivity contribution in [1.82, 2.24) is 0 Å². The van der Waals surface area contributed by atoms with Gasteiger partial charge in [0.05, 0.1) is 0 Å². The first kappa shape index (κ1) is 8.17. The first-order valence-corrected chi connectivity index (χ1v) is 2.70. The van der Waals surface area contributed by atoms with Gasteiger partial charge in [0.2, 0.25) is 0 Å². The minimum absolute atomic E-state index is 0.683. The van der Waals surface area contributed by atoms with Crippen LogP contribution in [0.2, 0.25) is 0 Å². The van der Waals surface area contributed by atoms with Gasteiger partial charge in [-0.1, -0.05) is 6.08 Å². The van der Waals surface area contributed by atoms with E-state index in [2.05, 4.69) is 0 Å². The molecule has 9 heavy (non-hydrogen) atoms. The van der Waals surface area contributed by atoms with E-state index in [4.69, 9.17) is 10.8 Å². The molecule has 3 heteroatoms. The van der Waals surface area contributed by atoms with E-state index in [9.17, 15) is 4.79 Å². The maximum absolute atomic E-state index is 10.1. The fourth-order valence-corrected chi connectivity index (χ4v) is 0.374. The average molecular weight is 129 g/mol. The molecule has 0 saturated heterocycles. The molecule has 0 aliphatic carbocycles. The molecule has 0 saturated carbocycles. The van der Waals surface area contributed by atoms with Crippen molar-refractivity contribution >= 4 is 5.97 Å². The average Bonchev–Trinajstić information content (AvgIpc) is 1.84. The van der Waals surface area contributed by atoms with Gasteiger partial charge in [-0.2, -0.15) is 0 Å². The first-order chi connectivity index (χ1) is 4.09. The topological polar surface area (TPSA) is 63.3 Å². The van der Waals surface area contributed by atoms with Gasteiger partial charge in [0.25, 0.3) is 0 Å². The van der Waals surface area contributed by atoms with Gasteiger partial charge < -0.3 is 10.8 Å². The van der Waals surface area contributed by atoms with Gasteiger partial charge in [-0.15, -0.1) is 0 Å². The van der Waals surface area contributed by atoms with E-state index in [1.165, 1.54) is 0 Å². The zero-order chi connectivity index (χ0) is 7.44. The molecular weight excluding hydrogens is 118 g/mol. The third-order valence-corrected chi connectivity index (χ3v) is 1.21. The Balaban J connectivity index is 4.04. The molecule has 0 spiro atoms. The lowest BCUT2D eigenvalue weighted by molar-refractivity contribution is -0.137. The van der Waals surface area contributed by atoms with Crippen LogP contribution in [0.5, 0.6) is 0 Å². The molecule has 1 atom stereocenters. The molecule has 3 nitrogen and oxygen atoms in total. The van der Waals surface area contributed by atoms with Crippen LogP contribution in [0, 0.1) is 0 Å². The Morgan fingerprint density at radius 1 is 1.78 bits per heavy atom. The lowest BCUT2D eigenvalue weighted by Gasteiger charge is -2.03. The van der Waals surface area contributed by atoms with Crippen molar-refractivity contribution in [1.29, 1.82) is 0 Å². The van der Waals surface area contributed by atoms with E-state index >= 15 is 0 Å². The molecule has 0 fully saturated rings. The summed E-state index contributed by atoms with van der Waals surface area (Å²) in [4.78, 5) is 10.1. The molecule has 0 radical (unpaired) electrons. The van der Waals surface area contributed by atoms with Crippen LogP contribution in [-0.2, 0) is 4.79 Å². The summed E-state index contributed by atoms with van der Waals surface area (Å²) in [6.45, 7) is 3.46. The molecule has 0 aromatic heterocycles. The number of hydrogen-bond donors (Lipinski definition) is 2. The number of hydrogen-bond acceptors (Lipinski definition) is 2. The van der Waals surface area contributed by atoms with Gasteiger partial charge in [-0.3, -0.25) is 4.79 Å². The summed E-state index contributed by atoms with van der Waals surface area (Å²) in [5, 5.41) is 8.32. The highest BCUT2D eigenvalue weighted by molar-refractivity contribution is 5.76. The van der Waals surface area contributed by atoms with E-state index in [-0.39, 0.29) is 0 Å². The summed E-state index contributed by atoms with van der Waals surface area (Å²) in [5.74, 6) is -0.981. The van der Waals surface area contributed by atoms with Gasteiger partial charge in [-0.25, -0.2) is 0 Å². The van der Waals surface area contributed by atoms with Crippen molar-refractivity contribution in [3.8, 4) is 0 Å². The number of allylic oxidation sites excluding steroid dienone is 1. The fourth-order valence-electron chi connectivity index (χ4n) is 0.374. The number of carbonyl (C=O) groups is 1. The molecule has 0 aliphatic rings. The summed E-state index contributed by atoms with van der Waals surface area (Å²) < 4.78 is 0. The lowest BCUT2D eigenvalue weighted by atomic mass is 10.1. The Kier molecular flexibility index (Phi) is 2.95. The van der Waals surface area contributed by atoms with Crippen molar-refractivity contribution in [2.45, 2.75) is 19.9 Å². The van der Waals surface area contributed by atoms with Crippen LogP contribution in [0.25, 0.3) is 0 Å². The maximum Gasteiger partial charge on any atom is 0.324 e. The van der Waals surface area contributed by atoms with Crippen LogP contribution in [0.15, 0.2) is 11.6 Å². The fraction of sp³-hybridized carbons (Fsp3) is 0.500. The minimum Gasteiger partial charge on any atom is -0.480 e. The van der Waals surface area contributed by atoms with Crippen LogP contribution in [0.3, 0.4) is 0 Å². The molecule has 0 aromatic rings. The third-order valence-electron chi connectivity index (χ3n) is 1.21. The highest BCUT2D eigenvalue weighted by atomic mass is 16.4. The quantitative estimate of drug-likeness (QED) is 0.529. The molecule has 0 amide bonds. The summed E-state index contributed by atoms with van der Waals surface area (Å²) in [6.07, 6.45) is 1.69. The molecule has 0 aliphatic heterocycles. The maximum atomic E-state index is 10.1. The van der Waals surface area contributed by atoms with Crippen LogP contribution in [-0.4, -0.2) is 17.1 Å². The summed E-state index contributed by atoms with van der Waals surface area (Å²) in [7, 11) is 0. The summed E-state index contributed by atoms with van der Waals surface area (Å²) in [5.41, 5.74) is 5.89. The predicted octanol–water partition coefficient (Wildman–Crippen LogP) is 0.365. The van der Waals surface area contributed by atoms with Crippen molar-refractivity contribution in [2.24, 2.45) is 5.73 Å². The molecule has 1 unspecified atom stereocenters. The predicted molar refractivity (Wildman–Crippen MR) is 35.0 cm³/mol. The Hall–Kier alpha value is -0.830. The molecule has 0 bridgehead atoms. The van der Waals surface area contributed by atoms with Crippen molar-refractivity contribution in [2.75, 3.05) is 0 Å². The first-order valence-electron chi connectivity index (χ1n) is 2.70. The van der Waals surface area contributed by atoms with Crippen LogP contribution >= 0.6 is 0 Å². The van der Waals surface area contributed by atoms with Crippen LogP contribution in [0.4, 0.5) is 0 Å². The number of nitrogens with two attached hydrogens (primary N) is 1. The van der Waals surface area contributed by atoms with E-state index < -0.39 is 12.0 Å². The van der Waals surface area contributed by atoms with Gasteiger partial charge in [0.15, 0.2) is 0 Å². The van der Waals surface area contributed by atoms with E-state index in [0.29, 0.717) is 5.57 Å². The van der Waals surface area contributed by atoms with Gasteiger partial charge >= 0.3 is 5.97 Å². The smallest absolute Gasteiger partial charge is 0.324 e. The summed E-state index contributed by atoms with van der Waals surface area (Å²) >= 11 is 0. The second-order valence-corrected chi connectivity index (χ2v) is 1.85. The SMILES string of the molecule is CC=C(C)C(N)C(=O)O. The van der Waals surface area contributed by atoms with Crippen molar-refractivity contribution in [3.05, 3.63) is 11.6 Å². The van der Waals surface area contributed by atoms with E-state index in [0.717, 1.165) is 0 Å². The Morgan fingerprint density at radius 2 is 2.22 bits per heavy atom. The largest absolute Gasteiger partial charge is 0.480 e. The number of carboxylic acid groups (broad SMARTS) is 1. The molecule has 52 valence electrons. The monoisotopic (exact) mass is 129 g/mol. The highest BCUT2D eigenvalue weighted by Crippen LogP contribution is 1.96. The number of carboxylic acids is 1. The minimum atomic E-state index is -0.981. The zero-order valence-electron chi connectivity index (χ0n) is 5.59. The second kappa shape index (κ2) is 3.25. The van der Waals surface area contributed by atoms with Gasteiger partial charge in [0.1, 0.15) is 6.04 Å². The van der Waals surface area contributed by atoms with E-state index in [1.807, 2.05) is 0 Å². The van der Waals surface area contributed by atoms with Crippen LogP contribution < -0.4 is 5.73 Å². The number of aliphatic carboxylic acids is 1. The normalized spacial score (nSPS) is 15.2. The third kappa shape index (κ3) is 2.28. The van der Waals surface area contributed by atoms with Crippen LogP contribution in [0.1, 0.15) is 13.8 Å².